The highest BCUT2D eigenvalue weighted by Gasteiger charge is 2.08. The van der Waals surface area contributed by atoms with Crippen LogP contribution in [0.4, 0.5) is 0 Å². The van der Waals surface area contributed by atoms with Crippen molar-refractivity contribution in [1.82, 2.24) is 24.6 Å². The fourth-order valence-corrected chi connectivity index (χ4v) is 2.45. The Balaban J connectivity index is 2.08. The molecule has 3 rings (SSSR count). The van der Waals surface area contributed by atoms with Gasteiger partial charge in [0.1, 0.15) is 21.5 Å². The summed E-state index contributed by atoms with van der Waals surface area (Å²) in [5.41, 5.74) is 0. The van der Waals surface area contributed by atoms with Gasteiger partial charge in [0.15, 0.2) is 0 Å². The van der Waals surface area contributed by atoms with Crippen molar-refractivity contribution in [1.29, 1.82) is 0 Å². The Bertz CT molecular complexity index is 654. The van der Waals surface area contributed by atoms with Crippen LogP contribution in [0.25, 0.3) is 5.78 Å². The van der Waals surface area contributed by atoms with E-state index in [1.807, 2.05) is 18.2 Å². The molecule has 0 aromatic carbocycles. The van der Waals surface area contributed by atoms with Crippen molar-refractivity contribution in [3.05, 3.63) is 41.9 Å². The van der Waals surface area contributed by atoms with E-state index in [4.69, 9.17) is 11.6 Å². The van der Waals surface area contributed by atoms with Gasteiger partial charge >= 0.3 is 0 Å². The molecular weight excluding hydrogens is 258 g/mol. The highest BCUT2D eigenvalue weighted by atomic mass is 35.5. The third kappa shape index (κ3) is 2.09. The molecule has 0 amide bonds. The zero-order chi connectivity index (χ0) is 11.7. The molecule has 0 aliphatic carbocycles. The molecule has 0 fully saturated rings. The van der Waals surface area contributed by atoms with Gasteiger partial charge in [0.05, 0.1) is 0 Å². The van der Waals surface area contributed by atoms with Crippen molar-refractivity contribution in [3.63, 3.8) is 0 Å². The largest absolute Gasteiger partial charge is 0.254 e. The van der Waals surface area contributed by atoms with Gasteiger partial charge in [0, 0.05) is 12.3 Å². The van der Waals surface area contributed by atoms with Crippen LogP contribution in [-0.4, -0.2) is 24.6 Å². The molecule has 0 N–H and O–H groups in total. The molecule has 0 atom stereocenters. The summed E-state index contributed by atoms with van der Waals surface area (Å²) in [5.74, 6) is 0.482. The van der Waals surface area contributed by atoms with Crippen molar-refractivity contribution in [2.45, 2.75) is 10.1 Å². The predicted molar refractivity (Wildman–Crippen MR) is 64.2 cm³/mol. The van der Waals surface area contributed by atoms with Crippen LogP contribution in [0.3, 0.4) is 0 Å². The zero-order valence-electron chi connectivity index (χ0n) is 8.49. The number of hydrogen-bond acceptors (Lipinski definition) is 5. The van der Waals surface area contributed by atoms with Gasteiger partial charge in [-0.3, -0.25) is 0 Å². The first kappa shape index (κ1) is 10.5. The maximum atomic E-state index is 5.92. The molecule has 0 saturated carbocycles. The van der Waals surface area contributed by atoms with E-state index in [9.17, 15) is 0 Å². The molecule has 0 radical (unpaired) electrons. The normalized spacial score (nSPS) is 10.9. The minimum Gasteiger partial charge on any atom is -0.250 e. The van der Waals surface area contributed by atoms with Crippen LogP contribution < -0.4 is 0 Å². The fourth-order valence-electron chi connectivity index (χ4n) is 1.35. The molecule has 0 aliphatic rings. The van der Waals surface area contributed by atoms with Crippen molar-refractivity contribution in [2.75, 3.05) is 0 Å². The van der Waals surface area contributed by atoms with Gasteiger partial charge in [0.25, 0.3) is 5.78 Å². The van der Waals surface area contributed by atoms with E-state index >= 15 is 0 Å². The molecule has 0 unspecified atom stereocenters. The average molecular weight is 264 g/mol. The maximum Gasteiger partial charge on any atom is 0.254 e. The summed E-state index contributed by atoms with van der Waals surface area (Å²) in [5, 5.41) is 6.18. The number of aromatic nitrogens is 5. The number of pyridine rings is 1. The quantitative estimate of drug-likeness (QED) is 0.664. The van der Waals surface area contributed by atoms with E-state index < -0.39 is 0 Å². The highest BCUT2D eigenvalue weighted by Crippen LogP contribution is 2.26. The molecule has 3 aromatic heterocycles. The third-order valence-electron chi connectivity index (χ3n) is 2.03. The first-order valence-corrected chi connectivity index (χ1v) is 5.97. The van der Waals surface area contributed by atoms with Gasteiger partial charge in [0.2, 0.25) is 0 Å². The van der Waals surface area contributed by atoms with Crippen LogP contribution in [0.1, 0.15) is 0 Å². The SMILES string of the molecule is Clc1cc(Sc2ccccn2)n2ncnc2n1. The molecule has 0 saturated heterocycles. The molecule has 5 nitrogen and oxygen atoms in total. The summed E-state index contributed by atoms with van der Waals surface area (Å²) in [6, 6.07) is 7.45. The summed E-state index contributed by atoms with van der Waals surface area (Å²) >= 11 is 7.38. The molecule has 3 heterocycles. The number of nitrogens with zero attached hydrogens (tertiary/aromatic N) is 5. The summed E-state index contributed by atoms with van der Waals surface area (Å²) < 4.78 is 1.63. The Labute approximate surface area is 106 Å². The van der Waals surface area contributed by atoms with Crippen LogP contribution in [0.15, 0.2) is 46.8 Å². The second-order valence-corrected chi connectivity index (χ2v) is 4.59. The molecule has 84 valence electrons. The second kappa shape index (κ2) is 4.31. The van der Waals surface area contributed by atoms with E-state index in [2.05, 4.69) is 20.1 Å². The van der Waals surface area contributed by atoms with Gasteiger partial charge in [-0.1, -0.05) is 17.7 Å². The van der Waals surface area contributed by atoms with E-state index in [-0.39, 0.29) is 0 Å². The Morgan fingerprint density at radius 1 is 1.24 bits per heavy atom. The lowest BCUT2D eigenvalue weighted by atomic mass is 10.5. The van der Waals surface area contributed by atoms with Crippen molar-refractivity contribution < 1.29 is 0 Å². The third-order valence-corrected chi connectivity index (χ3v) is 3.18. The molecular formula is C10H6ClN5S. The zero-order valence-corrected chi connectivity index (χ0v) is 10.1. The molecule has 0 bridgehead atoms. The monoisotopic (exact) mass is 263 g/mol. The Hall–Kier alpha value is -1.66. The first-order valence-electron chi connectivity index (χ1n) is 4.78. The van der Waals surface area contributed by atoms with E-state index in [0.717, 1.165) is 10.1 Å². The minimum atomic E-state index is 0.393. The number of rotatable bonds is 2. The maximum absolute atomic E-state index is 5.92. The standard InChI is InChI=1S/C10H6ClN5S/c11-7-5-9(16-10(15-7)13-6-14-16)17-8-3-1-2-4-12-8/h1-6H. The van der Waals surface area contributed by atoms with Gasteiger partial charge in [-0.15, -0.1) is 0 Å². The summed E-state index contributed by atoms with van der Waals surface area (Å²) in [6.07, 6.45) is 3.19. The molecule has 0 spiro atoms. The summed E-state index contributed by atoms with van der Waals surface area (Å²) in [4.78, 5) is 12.3. The molecule has 0 aliphatic heterocycles. The van der Waals surface area contributed by atoms with Crippen LogP contribution in [0, 0.1) is 0 Å². The first-order chi connectivity index (χ1) is 8.33. The lowest BCUT2D eigenvalue weighted by Gasteiger charge is -2.02. The molecule has 3 aromatic rings. The lowest BCUT2D eigenvalue weighted by Crippen LogP contribution is -1.95. The van der Waals surface area contributed by atoms with Gasteiger partial charge < -0.3 is 0 Å². The van der Waals surface area contributed by atoms with E-state index in [1.54, 1.807) is 16.8 Å². The summed E-state index contributed by atoms with van der Waals surface area (Å²) in [6.45, 7) is 0. The van der Waals surface area contributed by atoms with Crippen LogP contribution in [0.5, 0.6) is 0 Å². The van der Waals surface area contributed by atoms with E-state index in [0.29, 0.717) is 10.9 Å². The smallest absolute Gasteiger partial charge is 0.250 e. The van der Waals surface area contributed by atoms with Gasteiger partial charge in [-0.2, -0.15) is 19.6 Å². The number of hydrogen-bond donors (Lipinski definition) is 0. The molecule has 7 heteroatoms. The second-order valence-electron chi connectivity index (χ2n) is 3.16. The van der Waals surface area contributed by atoms with Gasteiger partial charge in [-0.05, 0) is 23.9 Å². The number of fused-ring (bicyclic) bond motifs is 1. The Morgan fingerprint density at radius 2 is 2.18 bits per heavy atom. The summed E-state index contributed by atoms with van der Waals surface area (Å²) in [7, 11) is 0. The predicted octanol–water partition coefficient (Wildman–Crippen LogP) is 2.32. The van der Waals surface area contributed by atoms with Crippen molar-refractivity contribution in [3.8, 4) is 0 Å². The van der Waals surface area contributed by atoms with Crippen LogP contribution in [-0.2, 0) is 0 Å². The van der Waals surface area contributed by atoms with Crippen LogP contribution in [0.2, 0.25) is 5.15 Å². The van der Waals surface area contributed by atoms with Crippen molar-refractivity contribution in [2.24, 2.45) is 0 Å². The molecule has 17 heavy (non-hydrogen) atoms. The highest BCUT2D eigenvalue weighted by molar-refractivity contribution is 7.99. The Morgan fingerprint density at radius 3 is 3.00 bits per heavy atom. The van der Waals surface area contributed by atoms with Crippen LogP contribution >= 0.6 is 23.4 Å². The topological polar surface area (TPSA) is 56.0 Å². The van der Waals surface area contributed by atoms with Crippen molar-refractivity contribution >= 4 is 29.1 Å². The number of halogens is 1. The Kier molecular flexibility index (Phi) is 2.66. The lowest BCUT2D eigenvalue weighted by molar-refractivity contribution is 0.841. The minimum absolute atomic E-state index is 0.393. The van der Waals surface area contributed by atoms with Gasteiger partial charge in [-0.25, -0.2) is 4.98 Å². The fraction of sp³-hybridized carbons (Fsp3) is 0. The van der Waals surface area contributed by atoms with E-state index in [1.165, 1.54) is 18.1 Å². The average Bonchev–Trinajstić information content (AvgIpc) is 2.78.